The van der Waals surface area contributed by atoms with Gasteiger partial charge in [0.25, 0.3) is 5.78 Å². The summed E-state index contributed by atoms with van der Waals surface area (Å²) in [6, 6.07) is 19.3. The van der Waals surface area contributed by atoms with Crippen LogP contribution in [0.25, 0.3) is 27.4 Å². The van der Waals surface area contributed by atoms with Crippen molar-refractivity contribution >= 4 is 60.1 Å². The number of phenolic OH excluding ortho intramolecular Hbond substituents is 2. The molecule has 49 heavy (non-hydrogen) atoms. The Hall–Kier alpha value is -6.66. The predicted octanol–water partition coefficient (Wildman–Crippen LogP) is 5.38. The quantitative estimate of drug-likeness (QED) is 0.0688. The summed E-state index contributed by atoms with van der Waals surface area (Å²) in [6.07, 6.45) is 2.28. The first-order valence-corrected chi connectivity index (χ1v) is 16.7. The minimum atomic E-state index is -5.00. The summed E-state index contributed by atoms with van der Waals surface area (Å²) >= 11 is 0. The number of diazo groups is 1. The molecule has 1 aliphatic carbocycles. The van der Waals surface area contributed by atoms with Crippen LogP contribution in [0.4, 0.5) is 5.69 Å². The minimum absolute atomic E-state index is 0.0146. The van der Waals surface area contributed by atoms with Crippen molar-refractivity contribution in [3.63, 3.8) is 0 Å². The van der Waals surface area contributed by atoms with Crippen LogP contribution >= 0.6 is 0 Å². The van der Waals surface area contributed by atoms with Crippen LogP contribution in [0.1, 0.15) is 31.8 Å². The van der Waals surface area contributed by atoms with Crippen LogP contribution in [0.2, 0.25) is 0 Å². The summed E-state index contributed by atoms with van der Waals surface area (Å²) in [7, 11) is -9.85. The summed E-state index contributed by atoms with van der Waals surface area (Å²) in [5.41, 5.74) is 7.83. The van der Waals surface area contributed by atoms with E-state index in [1.54, 1.807) is 6.07 Å². The fourth-order valence-corrected chi connectivity index (χ4v) is 7.46. The average molecular weight is 696 g/mol. The Balaban J connectivity index is 1.48. The molecule has 1 aliphatic rings. The third-order valence-electron chi connectivity index (χ3n) is 7.44. The number of carbonyl (C=O) groups excluding carboxylic acids is 2. The second-order valence-electron chi connectivity index (χ2n) is 10.3. The number of phenols is 2. The van der Waals surface area contributed by atoms with E-state index in [4.69, 9.17) is 19.3 Å². The van der Waals surface area contributed by atoms with Gasteiger partial charge in [0.1, 0.15) is 9.79 Å². The van der Waals surface area contributed by atoms with E-state index in [9.17, 15) is 36.6 Å². The molecule has 16 heteroatoms. The first kappa shape index (κ1) is 32.3. The average Bonchev–Trinajstić information content (AvgIpc) is 3.10. The number of Topliss-reactive ketones (excluding diaryl/α,β-unsaturated/α-hetero) is 1. The van der Waals surface area contributed by atoms with Gasteiger partial charge in [0.2, 0.25) is 16.9 Å². The van der Waals surface area contributed by atoms with Crippen LogP contribution in [-0.2, 0) is 20.2 Å². The number of allylic oxidation sites excluding steroid dienone is 1. The number of hydrogen-bond donors (Lipinski definition) is 2. The molecule has 0 heterocycles. The van der Waals surface area contributed by atoms with E-state index in [0.29, 0.717) is 0 Å². The van der Waals surface area contributed by atoms with Gasteiger partial charge in [0.15, 0.2) is 22.3 Å². The SMILES string of the molecule is N#[N+]c1ccc2c(S(=O)(=O)Oc3ccc(C(=O)c4ccccc4)c(OS(=O)(=O)c4cccc5c4C=CC(=[N+]=[N-])C5=O)c3O)cccc2c1O. The molecule has 0 saturated heterocycles. The van der Waals surface area contributed by atoms with Gasteiger partial charge in [0, 0.05) is 39.6 Å². The maximum absolute atomic E-state index is 13.8. The Morgan fingerprint density at radius 3 is 2.14 bits per heavy atom. The lowest BCUT2D eigenvalue weighted by Gasteiger charge is -2.17. The molecule has 6 rings (SSSR count). The number of nitrogens with zero attached hydrogens (tertiary/aromatic N) is 4. The zero-order valence-electron chi connectivity index (χ0n) is 24.6. The van der Waals surface area contributed by atoms with E-state index in [2.05, 4.69) is 9.77 Å². The molecule has 0 aliphatic heterocycles. The van der Waals surface area contributed by atoms with E-state index in [0.717, 1.165) is 36.4 Å². The van der Waals surface area contributed by atoms with Gasteiger partial charge in [0.05, 0.1) is 5.56 Å². The van der Waals surface area contributed by atoms with Crippen molar-refractivity contribution in [1.82, 2.24) is 0 Å². The molecule has 0 fully saturated rings. The first-order chi connectivity index (χ1) is 23.4. The van der Waals surface area contributed by atoms with Gasteiger partial charge < -0.3 is 24.1 Å². The Kier molecular flexibility index (Phi) is 8.02. The number of ketones is 2. The molecule has 5 aromatic carbocycles. The van der Waals surface area contributed by atoms with Gasteiger partial charge in [-0.15, -0.1) is 0 Å². The standard InChI is InChI=1S/C33H18N4O10S2/c34-36-24-15-12-19-21(30(24)39)8-4-10-27(19)48(42,43)46-26-17-14-23(29(38)18-6-2-1-3-7-18)33(32(26)41)47-49(44,45)28-11-5-9-22-20(28)13-16-25(37-35)31(22)40/h1-17H,(H-,39,41)/p+1. The summed E-state index contributed by atoms with van der Waals surface area (Å²) in [6.45, 7) is 0. The van der Waals surface area contributed by atoms with E-state index in [1.807, 2.05) is 0 Å². The summed E-state index contributed by atoms with van der Waals surface area (Å²) in [5, 5.41) is 30.8. The second kappa shape index (κ2) is 12.2. The molecule has 14 nitrogen and oxygen atoms in total. The van der Waals surface area contributed by atoms with Gasteiger partial charge in [-0.3, -0.25) is 9.59 Å². The lowest BCUT2D eigenvalue weighted by atomic mass is 9.95. The van der Waals surface area contributed by atoms with Gasteiger partial charge in [-0.05, 0) is 36.4 Å². The number of carbonyl (C=O) groups is 2. The van der Waals surface area contributed by atoms with Crippen LogP contribution in [0.15, 0.2) is 107 Å². The van der Waals surface area contributed by atoms with Crippen molar-refractivity contribution in [3.05, 3.63) is 130 Å². The molecule has 0 atom stereocenters. The largest absolute Gasteiger partial charge is 0.502 e. The van der Waals surface area contributed by atoms with Gasteiger partial charge in [-0.25, -0.2) is 0 Å². The lowest BCUT2D eigenvalue weighted by Crippen LogP contribution is -2.21. The van der Waals surface area contributed by atoms with Gasteiger partial charge >= 0.3 is 31.6 Å². The number of rotatable bonds is 8. The van der Waals surface area contributed by atoms with Crippen LogP contribution in [0.5, 0.6) is 23.0 Å². The molecule has 0 bridgehead atoms. The minimum Gasteiger partial charge on any atom is -0.502 e. The zero-order valence-corrected chi connectivity index (χ0v) is 26.2. The fourth-order valence-electron chi connectivity index (χ4n) is 5.13. The van der Waals surface area contributed by atoms with Crippen LogP contribution in [0.3, 0.4) is 0 Å². The molecule has 0 saturated carbocycles. The van der Waals surface area contributed by atoms with Crippen LogP contribution in [-0.4, -0.2) is 49.1 Å². The molecular weight excluding hydrogens is 677 g/mol. The molecule has 5 aromatic rings. The number of aromatic hydroxyl groups is 2. The normalized spacial score (nSPS) is 12.6. The van der Waals surface area contributed by atoms with Crippen molar-refractivity contribution in [2.75, 3.05) is 0 Å². The number of fused-ring (bicyclic) bond motifs is 2. The van der Waals surface area contributed by atoms with Crippen molar-refractivity contribution < 1.29 is 49.8 Å². The fraction of sp³-hybridized carbons (Fsp3) is 0. The topological polar surface area (TPSA) is 226 Å². The molecule has 0 aromatic heterocycles. The molecule has 0 spiro atoms. The third kappa shape index (κ3) is 5.66. The highest BCUT2D eigenvalue weighted by Crippen LogP contribution is 2.44. The van der Waals surface area contributed by atoms with Crippen LogP contribution < -0.4 is 8.37 Å². The third-order valence-corrected chi connectivity index (χ3v) is 10.0. The van der Waals surface area contributed by atoms with Crippen molar-refractivity contribution in [2.45, 2.75) is 9.79 Å². The van der Waals surface area contributed by atoms with E-state index in [1.165, 1.54) is 60.7 Å². The maximum Gasteiger partial charge on any atom is 0.426 e. The van der Waals surface area contributed by atoms with Gasteiger partial charge in [-0.1, -0.05) is 54.6 Å². The molecule has 0 amide bonds. The van der Waals surface area contributed by atoms with Crippen molar-refractivity contribution in [2.24, 2.45) is 0 Å². The van der Waals surface area contributed by atoms with Crippen LogP contribution in [0, 0.1) is 5.39 Å². The molecule has 0 unspecified atom stereocenters. The van der Waals surface area contributed by atoms with Gasteiger partial charge in [-0.2, -0.15) is 21.6 Å². The molecule has 2 N–H and O–H groups in total. The molecule has 0 radical (unpaired) electrons. The lowest BCUT2D eigenvalue weighted by molar-refractivity contribution is -0.00436. The summed E-state index contributed by atoms with van der Waals surface area (Å²) < 4.78 is 65.2. The van der Waals surface area contributed by atoms with Crippen molar-refractivity contribution in [1.29, 1.82) is 5.39 Å². The Labute approximate surface area is 277 Å². The maximum atomic E-state index is 13.8. The second-order valence-corrected chi connectivity index (χ2v) is 13.3. The molecular formula is C33H19N4O10S2+. The summed E-state index contributed by atoms with van der Waals surface area (Å²) in [4.78, 5) is 31.0. The monoisotopic (exact) mass is 695 g/mol. The Morgan fingerprint density at radius 2 is 1.43 bits per heavy atom. The predicted molar refractivity (Wildman–Crippen MR) is 172 cm³/mol. The van der Waals surface area contributed by atoms with Crippen molar-refractivity contribution in [3.8, 4) is 23.0 Å². The van der Waals surface area contributed by atoms with E-state index >= 15 is 0 Å². The zero-order chi connectivity index (χ0) is 35.1. The molecule has 242 valence electrons. The number of hydrogen-bond acceptors (Lipinski definition) is 11. The summed E-state index contributed by atoms with van der Waals surface area (Å²) in [5.74, 6) is -5.10. The highest BCUT2D eigenvalue weighted by Gasteiger charge is 2.34. The van der Waals surface area contributed by atoms with E-state index < -0.39 is 70.2 Å². The highest BCUT2D eigenvalue weighted by molar-refractivity contribution is 7.87. The number of benzene rings is 5. The Morgan fingerprint density at radius 1 is 0.735 bits per heavy atom. The van der Waals surface area contributed by atoms with E-state index in [-0.39, 0.29) is 38.9 Å². The highest BCUT2D eigenvalue weighted by atomic mass is 32.2. The first-order valence-electron chi connectivity index (χ1n) is 13.9. The smallest absolute Gasteiger partial charge is 0.426 e. The Bertz CT molecular complexity index is 2610.